The van der Waals surface area contributed by atoms with Crippen molar-refractivity contribution in [1.82, 2.24) is 0 Å². The van der Waals surface area contributed by atoms with Gasteiger partial charge in [-0.3, -0.25) is 4.79 Å². The molecule has 2 rings (SSSR count). The highest BCUT2D eigenvalue weighted by atomic mass is 79.9. The van der Waals surface area contributed by atoms with Crippen LogP contribution in [0.4, 0.5) is 10.1 Å². The maximum atomic E-state index is 13.7. The van der Waals surface area contributed by atoms with Gasteiger partial charge in [-0.2, -0.15) is 0 Å². The molecule has 0 fully saturated rings. The number of carbonyl (C=O) groups is 1. The second-order valence-electron chi connectivity index (χ2n) is 4.28. The van der Waals surface area contributed by atoms with Gasteiger partial charge in [0.15, 0.2) is 0 Å². The fraction of sp³-hybridized carbons (Fsp3) is 0.133. The van der Waals surface area contributed by atoms with Crippen LogP contribution in [0.2, 0.25) is 0 Å². The highest BCUT2D eigenvalue weighted by molar-refractivity contribution is 9.10. The topological polar surface area (TPSA) is 55.1 Å². The third-order valence-electron chi connectivity index (χ3n) is 2.97. The minimum absolute atomic E-state index is 0.131. The first-order chi connectivity index (χ1) is 9.63. The molecule has 1 unspecified atom stereocenters. The summed E-state index contributed by atoms with van der Waals surface area (Å²) in [5.41, 5.74) is 6.61. The minimum Gasteiger partial charge on any atom is -0.329 e. The lowest BCUT2D eigenvalue weighted by molar-refractivity contribution is -0.117. The van der Waals surface area contributed by atoms with Crippen LogP contribution in [-0.4, -0.2) is 12.5 Å². The molecule has 3 nitrogen and oxygen atoms in total. The van der Waals surface area contributed by atoms with Crippen LogP contribution >= 0.6 is 15.9 Å². The fourth-order valence-corrected chi connectivity index (χ4v) is 2.35. The molecule has 0 spiro atoms. The Morgan fingerprint density at radius 3 is 2.50 bits per heavy atom. The second-order valence-corrected chi connectivity index (χ2v) is 5.14. The number of para-hydroxylation sites is 1. The normalized spacial score (nSPS) is 11.9. The first-order valence-corrected chi connectivity index (χ1v) is 6.92. The van der Waals surface area contributed by atoms with Gasteiger partial charge in [-0.05, 0) is 33.6 Å². The molecule has 2 aromatic rings. The van der Waals surface area contributed by atoms with E-state index >= 15 is 0 Å². The number of nitrogens with one attached hydrogen (secondary N) is 1. The van der Waals surface area contributed by atoms with E-state index < -0.39 is 11.7 Å². The van der Waals surface area contributed by atoms with Crippen LogP contribution in [0.15, 0.2) is 53.0 Å². The maximum Gasteiger partial charge on any atom is 0.233 e. The number of nitrogens with two attached hydrogens (primary N) is 1. The van der Waals surface area contributed by atoms with Gasteiger partial charge in [-0.15, -0.1) is 0 Å². The summed E-state index contributed by atoms with van der Waals surface area (Å²) in [6.07, 6.45) is 0. The van der Waals surface area contributed by atoms with Crippen LogP contribution in [0.3, 0.4) is 0 Å². The van der Waals surface area contributed by atoms with Crippen molar-refractivity contribution in [3.8, 4) is 0 Å². The molecule has 0 radical (unpaired) electrons. The van der Waals surface area contributed by atoms with E-state index in [1.807, 2.05) is 30.3 Å². The number of carbonyl (C=O) groups excluding carboxylic acids is 1. The Hall–Kier alpha value is -1.72. The number of hydrogen-bond acceptors (Lipinski definition) is 2. The van der Waals surface area contributed by atoms with Crippen LogP contribution in [0.5, 0.6) is 0 Å². The van der Waals surface area contributed by atoms with Gasteiger partial charge in [0, 0.05) is 11.0 Å². The Morgan fingerprint density at radius 2 is 1.90 bits per heavy atom. The van der Waals surface area contributed by atoms with Gasteiger partial charge >= 0.3 is 0 Å². The highest BCUT2D eigenvalue weighted by Gasteiger charge is 2.20. The van der Waals surface area contributed by atoms with Crippen molar-refractivity contribution in [3.63, 3.8) is 0 Å². The Morgan fingerprint density at radius 1 is 1.20 bits per heavy atom. The highest BCUT2D eigenvalue weighted by Crippen LogP contribution is 2.26. The van der Waals surface area contributed by atoms with Crippen molar-refractivity contribution < 1.29 is 9.18 Å². The molecule has 2 aromatic carbocycles. The predicted octanol–water partition coefficient (Wildman–Crippen LogP) is 3.27. The standard InChI is InChI=1S/C15H14BrFN2O/c16-12-7-4-8-13(17)14(12)19-15(20)11(9-18)10-5-2-1-3-6-10/h1-8,11H,9,18H2,(H,19,20). The van der Waals surface area contributed by atoms with Crippen LogP contribution in [-0.2, 0) is 4.79 Å². The second kappa shape index (κ2) is 6.63. The minimum atomic E-state index is -0.511. The summed E-state index contributed by atoms with van der Waals surface area (Å²) in [5.74, 6) is -1.33. The largest absolute Gasteiger partial charge is 0.329 e. The van der Waals surface area contributed by atoms with Crippen LogP contribution in [0.25, 0.3) is 0 Å². The average molecular weight is 337 g/mol. The lowest BCUT2D eigenvalue weighted by atomic mass is 9.98. The summed E-state index contributed by atoms with van der Waals surface area (Å²) in [4.78, 5) is 12.3. The summed E-state index contributed by atoms with van der Waals surface area (Å²) in [5, 5.41) is 2.59. The summed E-state index contributed by atoms with van der Waals surface area (Å²) < 4.78 is 14.2. The molecule has 0 aromatic heterocycles. The van der Waals surface area contributed by atoms with E-state index in [1.165, 1.54) is 6.07 Å². The van der Waals surface area contributed by atoms with Gasteiger partial charge in [-0.1, -0.05) is 36.4 Å². The predicted molar refractivity (Wildman–Crippen MR) is 81.0 cm³/mol. The fourth-order valence-electron chi connectivity index (χ4n) is 1.91. The van der Waals surface area contributed by atoms with Crippen LogP contribution in [0.1, 0.15) is 11.5 Å². The van der Waals surface area contributed by atoms with Crippen molar-refractivity contribution in [3.05, 3.63) is 64.4 Å². The van der Waals surface area contributed by atoms with Crippen molar-refractivity contribution in [2.75, 3.05) is 11.9 Å². The Labute approximate surface area is 125 Å². The van der Waals surface area contributed by atoms with Gasteiger partial charge in [0.05, 0.1) is 11.6 Å². The maximum absolute atomic E-state index is 13.7. The van der Waals surface area contributed by atoms with E-state index in [0.717, 1.165) is 5.56 Å². The molecule has 3 N–H and O–H groups in total. The molecule has 0 saturated heterocycles. The van der Waals surface area contributed by atoms with E-state index in [9.17, 15) is 9.18 Å². The zero-order valence-electron chi connectivity index (χ0n) is 10.6. The Bertz CT molecular complexity index is 584. The molecular formula is C15H14BrFN2O. The van der Waals surface area contributed by atoms with Gasteiger partial charge in [0.2, 0.25) is 5.91 Å². The van der Waals surface area contributed by atoms with E-state index in [2.05, 4.69) is 21.2 Å². The molecular weight excluding hydrogens is 323 g/mol. The molecule has 0 bridgehead atoms. The monoisotopic (exact) mass is 336 g/mol. The lowest BCUT2D eigenvalue weighted by Gasteiger charge is -2.16. The molecule has 0 aliphatic rings. The zero-order valence-corrected chi connectivity index (χ0v) is 12.2. The third-order valence-corrected chi connectivity index (χ3v) is 3.63. The van der Waals surface area contributed by atoms with E-state index in [1.54, 1.807) is 12.1 Å². The van der Waals surface area contributed by atoms with Crippen LogP contribution < -0.4 is 11.1 Å². The van der Waals surface area contributed by atoms with Crippen LogP contribution in [0, 0.1) is 5.82 Å². The van der Waals surface area contributed by atoms with Gasteiger partial charge in [0.25, 0.3) is 0 Å². The van der Waals surface area contributed by atoms with E-state index in [0.29, 0.717) is 4.47 Å². The van der Waals surface area contributed by atoms with E-state index in [4.69, 9.17) is 5.73 Å². The summed E-state index contributed by atoms with van der Waals surface area (Å²) in [7, 11) is 0. The zero-order chi connectivity index (χ0) is 14.5. The molecule has 5 heteroatoms. The number of amides is 1. The number of halogens is 2. The first-order valence-electron chi connectivity index (χ1n) is 6.13. The Balaban J connectivity index is 2.23. The molecule has 0 saturated carbocycles. The van der Waals surface area contributed by atoms with Crippen molar-refractivity contribution in [1.29, 1.82) is 0 Å². The number of hydrogen-bond donors (Lipinski definition) is 2. The number of benzene rings is 2. The molecule has 20 heavy (non-hydrogen) atoms. The number of rotatable bonds is 4. The molecule has 1 atom stereocenters. The van der Waals surface area contributed by atoms with Gasteiger partial charge in [0.1, 0.15) is 5.82 Å². The SMILES string of the molecule is NCC(C(=O)Nc1c(F)cccc1Br)c1ccccc1. The van der Waals surface area contributed by atoms with Crippen molar-refractivity contribution in [2.24, 2.45) is 5.73 Å². The first kappa shape index (κ1) is 14.7. The quantitative estimate of drug-likeness (QED) is 0.900. The summed E-state index contributed by atoms with van der Waals surface area (Å²) in [6.45, 7) is 0.155. The summed E-state index contributed by atoms with van der Waals surface area (Å²) >= 11 is 3.22. The van der Waals surface area contributed by atoms with Crippen molar-refractivity contribution >= 4 is 27.5 Å². The summed E-state index contributed by atoms with van der Waals surface area (Å²) in [6, 6.07) is 13.7. The molecule has 104 valence electrons. The van der Waals surface area contributed by atoms with Gasteiger partial charge in [-0.25, -0.2) is 4.39 Å². The lowest BCUT2D eigenvalue weighted by Crippen LogP contribution is -2.27. The third kappa shape index (κ3) is 3.23. The molecule has 1 amide bonds. The van der Waals surface area contributed by atoms with Crippen molar-refractivity contribution in [2.45, 2.75) is 5.92 Å². The van der Waals surface area contributed by atoms with E-state index in [-0.39, 0.29) is 18.1 Å². The number of anilines is 1. The van der Waals surface area contributed by atoms with Gasteiger partial charge < -0.3 is 11.1 Å². The smallest absolute Gasteiger partial charge is 0.233 e. The molecule has 0 aliphatic heterocycles. The Kier molecular flexibility index (Phi) is 4.87. The average Bonchev–Trinajstić information content (AvgIpc) is 2.45. The molecule has 0 heterocycles. The molecule has 0 aliphatic carbocycles.